The molecule has 2 heterocycles. The minimum absolute atomic E-state index is 0.644. The number of benzene rings is 12. The van der Waals surface area contributed by atoms with E-state index in [1.807, 2.05) is 24.3 Å². The highest BCUT2D eigenvalue weighted by molar-refractivity contribution is 6.03. The number of hydrogen-bond acceptors (Lipinski definition) is 5. The van der Waals surface area contributed by atoms with Crippen molar-refractivity contribution in [1.29, 1.82) is 0 Å². The van der Waals surface area contributed by atoms with Crippen LogP contribution in [0.25, 0.3) is 94.6 Å². The van der Waals surface area contributed by atoms with Crippen LogP contribution in [-0.2, 0) is 6.42 Å². The van der Waals surface area contributed by atoms with Crippen LogP contribution < -0.4 is 14.7 Å². The summed E-state index contributed by atoms with van der Waals surface area (Å²) in [4.78, 5) is 18.7. The number of para-hydroxylation sites is 3. The maximum atomic E-state index is 5.90. The molecule has 452 valence electrons. The summed E-state index contributed by atoms with van der Waals surface area (Å²) in [7, 11) is 0. The van der Waals surface area contributed by atoms with Crippen LogP contribution in [-0.4, -0.2) is 21.1 Å². The molecule has 6 nitrogen and oxygen atoms in total. The number of aromatic nitrogens is 3. The number of aryl methyl sites for hydroxylation is 1. The summed E-state index contributed by atoms with van der Waals surface area (Å²) in [5, 5.41) is 1.22. The molecular weight excluding hydrogens is 1150 g/mol. The largest absolute Gasteiger partial charge is 0.337 e. The summed E-state index contributed by atoms with van der Waals surface area (Å²) in [5.41, 5.74) is 26.5. The minimum atomic E-state index is 0.644. The highest BCUT2D eigenvalue weighted by atomic mass is 15.2. The first kappa shape index (κ1) is 58.8. The molecule has 0 saturated heterocycles. The van der Waals surface area contributed by atoms with Crippen LogP contribution in [0.5, 0.6) is 0 Å². The Kier molecular flexibility index (Phi) is 16.3. The molecule has 0 aliphatic heterocycles. The van der Waals surface area contributed by atoms with Crippen molar-refractivity contribution in [3.05, 3.63) is 370 Å². The van der Waals surface area contributed by atoms with Gasteiger partial charge in [0.2, 0.25) is 0 Å². The summed E-state index contributed by atoms with van der Waals surface area (Å²) < 4.78 is 2.33. The number of hydrogen-bond donors (Lipinski definition) is 0. The van der Waals surface area contributed by atoms with Crippen LogP contribution in [0, 0.1) is 19.1 Å². The normalized spacial score (nSPS) is 11.1. The second-order valence-corrected chi connectivity index (χ2v) is 23.7. The van der Waals surface area contributed by atoms with Gasteiger partial charge < -0.3 is 19.3 Å². The molecule has 6 heteroatoms. The van der Waals surface area contributed by atoms with Gasteiger partial charge in [0.15, 0.2) is 0 Å². The average Bonchev–Trinajstić information content (AvgIpc) is 1.21. The van der Waals surface area contributed by atoms with E-state index in [1.54, 1.807) is 0 Å². The molecule has 0 bridgehead atoms. The van der Waals surface area contributed by atoms with Gasteiger partial charge in [-0.3, -0.25) is 0 Å². The summed E-state index contributed by atoms with van der Waals surface area (Å²) in [6.45, 7) is 11.0. The second kappa shape index (κ2) is 26.3. The standard InChI is InChI=1S/C89H66N6/c1-4-22-70-27-18-20-33-84(70)92(61-5-2)74-51-53-80(54-52-74)94(75-29-14-8-15-30-75)78-47-43-71(44-48-78)86-87(72-45-49-79(50-46-72)95(76-31-16-9-17-32-76)81-57-55-77(56-58-81)93-63(3)62-73-28-19-21-34-85(73)93)91-89-83(69-41-37-67(38-42-69)65-25-12-7-13-26-65)60-59-82(88(89)90-86)68-39-35-66(36-40-68)64-23-10-6-11-24-64/h4-7,9-14,16-21,23-60,62H,1-2,22,61H2,3H3. The quantitative estimate of drug-likeness (QED) is 0.0755. The van der Waals surface area contributed by atoms with Gasteiger partial charge in [0.1, 0.15) is 0 Å². The predicted octanol–water partition coefficient (Wildman–Crippen LogP) is 23.5. The molecule has 0 unspecified atom stereocenters. The van der Waals surface area contributed by atoms with Gasteiger partial charge in [0.05, 0.1) is 33.6 Å². The van der Waals surface area contributed by atoms with Gasteiger partial charge in [0.25, 0.3) is 0 Å². The maximum Gasteiger partial charge on any atom is 0.0979 e. The topological polar surface area (TPSA) is 40.4 Å². The molecular formula is C89H66N6. The monoisotopic (exact) mass is 1220 g/mol. The van der Waals surface area contributed by atoms with E-state index in [1.165, 1.54) is 22.2 Å². The Morgan fingerprint density at radius 1 is 0.379 bits per heavy atom. The van der Waals surface area contributed by atoms with Gasteiger partial charge in [0, 0.05) is 91.4 Å². The first-order valence-corrected chi connectivity index (χ1v) is 32.2. The van der Waals surface area contributed by atoms with E-state index in [-0.39, 0.29) is 0 Å². The van der Waals surface area contributed by atoms with Gasteiger partial charge in [-0.15, -0.1) is 13.2 Å². The number of fused-ring (bicyclic) bond motifs is 2. The Balaban J connectivity index is 0.876. The fourth-order valence-corrected chi connectivity index (χ4v) is 13.2. The molecule has 0 N–H and O–H groups in total. The first-order valence-electron chi connectivity index (χ1n) is 32.2. The van der Waals surface area contributed by atoms with Crippen molar-refractivity contribution in [2.75, 3.05) is 21.2 Å². The lowest BCUT2D eigenvalue weighted by Gasteiger charge is -2.28. The molecule has 0 saturated carbocycles. The molecule has 0 fully saturated rings. The Bertz CT molecular complexity index is 5170. The van der Waals surface area contributed by atoms with Gasteiger partial charge in [-0.05, 0) is 168 Å². The Morgan fingerprint density at radius 3 is 1.34 bits per heavy atom. The first-order chi connectivity index (χ1) is 46.9. The number of allylic oxidation sites excluding steroid dienone is 1. The molecule has 0 aliphatic carbocycles. The third-order valence-electron chi connectivity index (χ3n) is 17.8. The zero-order valence-electron chi connectivity index (χ0n) is 52.8. The molecule has 2 aromatic heterocycles. The third-order valence-corrected chi connectivity index (χ3v) is 17.8. The zero-order chi connectivity index (χ0) is 64.0. The van der Waals surface area contributed by atoms with Crippen molar-refractivity contribution in [2.45, 2.75) is 13.3 Å². The molecule has 0 aliphatic rings. The number of rotatable bonds is 19. The number of nitrogens with zero attached hydrogens (tertiary/aromatic N) is 6. The molecule has 13 aromatic carbocycles. The summed E-state index contributed by atoms with van der Waals surface area (Å²) in [5.74, 6) is 0. The predicted molar refractivity (Wildman–Crippen MR) is 398 cm³/mol. The molecule has 15 aromatic rings. The van der Waals surface area contributed by atoms with Crippen LogP contribution in [0.4, 0.5) is 45.5 Å². The van der Waals surface area contributed by atoms with Crippen molar-refractivity contribution >= 4 is 67.4 Å². The van der Waals surface area contributed by atoms with E-state index >= 15 is 0 Å². The second-order valence-electron chi connectivity index (χ2n) is 23.7. The lowest BCUT2D eigenvalue weighted by atomic mass is 9.94. The third kappa shape index (κ3) is 11.8. The smallest absolute Gasteiger partial charge is 0.0979 e. The molecule has 0 atom stereocenters. The summed E-state index contributed by atoms with van der Waals surface area (Å²) >= 11 is 0. The average molecular weight is 1220 g/mol. The molecule has 15 rings (SSSR count). The summed E-state index contributed by atoms with van der Waals surface area (Å²) in [6.07, 6.45) is 4.67. The summed E-state index contributed by atoms with van der Waals surface area (Å²) in [6, 6.07) is 121. The van der Waals surface area contributed by atoms with Crippen molar-refractivity contribution in [2.24, 2.45) is 0 Å². The Hall–Kier alpha value is -12.6. The molecule has 0 spiro atoms. The fraction of sp³-hybridized carbons (Fsp3) is 0.0337. The SMILES string of the molecule is C=CCc1ccccc1N(CC=C)c1ccc(N(c2cc#ccc2)c2ccc(-c3nc4c(-c5ccc(-c6ccccc6)cc5)ccc(-c5ccc(-c6ccccc6)cc5)c4nc3-c3ccc(N(c4ccccc4)c4ccc(-n5c(C)cc6ccccc65)cc4)cc3)cc2)cc1. The lowest BCUT2D eigenvalue weighted by molar-refractivity contribution is 1.05. The lowest BCUT2D eigenvalue weighted by Crippen LogP contribution is -2.18. The van der Waals surface area contributed by atoms with Crippen molar-refractivity contribution < 1.29 is 0 Å². The van der Waals surface area contributed by atoms with Crippen LogP contribution >= 0.6 is 0 Å². The minimum Gasteiger partial charge on any atom is -0.337 e. The van der Waals surface area contributed by atoms with Crippen molar-refractivity contribution in [1.82, 2.24) is 14.5 Å². The van der Waals surface area contributed by atoms with E-state index in [0.29, 0.717) is 6.54 Å². The maximum absolute atomic E-state index is 5.90. The molecule has 0 radical (unpaired) electrons. The fourth-order valence-electron chi connectivity index (χ4n) is 13.2. The van der Waals surface area contributed by atoms with Crippen molar-refractivity contribution in [3.63, 3.8) is 0 Å². The highest BCUT2D eigenvalue weighted by Gasteiger charge is 2.23. The van der Waals surface area contributed by atoms with Crippen LogP contribution in [0.3, 0.4) is 0 Å². The van der Waals surface area contributed by atoms with Crippen LogP contribution in [0.2, 0.25) is 0 Å². The van der Waals surface area contributed by atoms with Gasteiger partial charge >= 0.3 is 0 Å². The van der Waals surface area contributed by atoms with Crippen LogP contribution in [0.1, 0.15) is 11.3 Å². The Labute approximate surface area is 556 Å². The van der Waals surface area contributed by atoms with Gasteiger partial charge in [-0.25, -0.2) is 9.97 Å². The Morgan fingerprint density at radius 2 is 0.811 bits per heavy atom. The zero-order valence-corrected chi connectivity index (χ0v) is 52.8. The van der Waals surface area contributed by atoms with E-state index in [2.05, 4.69) is 361 Å². The van der Waals surface area contributed by atoms with Gasteiger partial charge in [-0.2, -0.15) is 0 Å². The van der Waals surface area contributed by atoms with E-state index in [4.69, 9.17) is 9.97 Å². The van der Waals surface area contributed by atoms with Gasteiger partial charge in [-0.1, -0.05) is 224 Å². The van der Waals surface area contributed by atoms with E-state index < -0.39 is 0 Å². The van der Waals surface area contributed by atoms with E-state index in [9.17, 15) is 0 Å². The highest BCUT2D eigenvalue weighted by Crippen LogP contribution is 2.44. The molecule has 0 amide bonds. The van der Waals surface area contributed by atoms with Crippen molar-refractivity contribution in [3.8, 4) is 72.7 Å². The number of anilines is 8. The van der Waals surface area contributed by atoms with Crippen LogP contribution in [0.15, 0.2) is 347 Å². The van der Waals surface area contributed by atoms with E-state index in [0.717, 1.165) is 136 Å². The molecule has 95 heavy (non-hydrogen) atoms.